The third kappa shape index (κ3) is 2.85. The zero-order valence-electron chi connectivity index (χ0n) is 14.0. The van der Waals surface area contributed by atoms with E-state index in [-0.39, 0.29) is 5.54 Å². The lowest BCUT2D eigenvalue weighted by molar-refractivity contribution is -0.0667. The van der Waals surface area contributed by atoms with Crippen LogP contribution in [0.3, 0.4) is 0 Å². The molecule has 0 aliphatic carbocycles. The number of likely N-dealkylation sites (tertiary alicyclic amines) is 1. The van der Waals surface area contributed by atoms with Crippen LogP contribution in [-0.4, -0.2) is 37.1 Å². The molecule has 116 valence electrons. The number of guanidine groups is 1. The van der Waals surface area contributed by atoms with Gasteiger partial charge in [-0.1, -0.05) is 26.0 Å². The van der Waals surface area contributed by atoms with Gasteiger partial charge in [0.25, 0.3) is 0 Å². The van der Waals surface area contributed by atoms with Crippen LogP contribution in [0.5, 0.6) is 5.75 Å². The van der Waals surface area contributed by atoms with E-state index in [4.69, 9.17) is 4.74 Å². The van der Waals surface area contributed by atoms with Crippen LogP contribution < -0.4 is 10.1 Å². The Balaban J connectivity index is 1.98. The van der Waals surface area contributed by atoms with E-state index in [0.29, 0.717) is 5.41 Å². The fraction of sp³-hybridized carbons (Fsp3) is 0.588. The number of ether oxygens (including phenoxy) is 1. The normalized spacial score (nSPS) is 19.9. The maximum absolute atomic E-state index is 5.18. The van der Waals surface area contributed by atoms with Gasteiger partial charge in [0.05, 0.1) is 7.11 Å². The van der Waals surface area contributed by atoms with Crippen LogP contribution in [0.25, 0.3) is 0 Å². The second kappa shape index (κ2) is 5.58. The summed E-state index contributed by atoms with van der Waals surface area (Å²) < 4.78 is 5.18. The molecule has 21 heavy (non-hydrogen) atoms. The van der Waals surface area contributed by atoms with E-state index in [1.165, 1.54) is 5.56 Å². The van der Waals surface area contributed by atoms with Crippen molar-refractivity contribution in [1.82, 2.24) is 10.2 Å². The van der Waals surface area contributed by atoms with Crippen molar-refractivity contribution in [3.05, 3.63) is 29.8 Å². The number of hydrogen-bond acceptors (Lipinski definition) is 2. The van der Waals surface area contributed by atoms with Crippen LogP contribution in [-0.2, 0) is 6.54 Å². The maximum atomic E-state index is 5.18. The molecule has 1 aromatic rings. The zero-order valence-corrected chi connectivity index (χ0v) is 14.0. The van der Waals surface area contributed by atoms with Crippen molar-refractivity contribution in [3.8, 4) is 5.75 Å². The average molecular weight is 289 g/mol. The maximum Gasteiger partial charge on any atom is 0.194 e. The Morgan fingerprint density at radius 2 is 1.86 bits per heavy atom. The Kier molecular flexibility index (Phi) is 4.17. The lowest BCUT2D eigenvalue weighted by Crippen LogP contribution is -2.72. The Morgan fingerprint density at radius 3 is 2.29 bits per heavy atom. The predicted octanol–water partition coefficient (Wildman–Crippen LogP) is 2.89. The largest absolute Gasteiger partial charge is 0.497 e. The Hall–Kier alpha value is -1.71. The summed E-state index contributed by atoms with van der Waals surface area (Å²) in [6, 6.07) is 8.11. The van der Waals surface area contributed by atoms with Crippen LogP contribution >= 0.6 is 0 Å². The second-order valence-electron chi connectivity index (χ2n) is 6.78. The first kappa shape index (κ1) is 15.7. The van der Waals surface area contributed by atoms with Crippen molar-refractivity contribution in [2.75, 3.05) is 20.7 Å². The lowest BCUT2D eigenvalue weighted by atomic mass is 9.65. The third-order valence-electron chi connectivity index (χ3n) is 4.96. The van der Waals surface area contributed by atoms with Gasteiger partial charge in [0.1, 0.15) is 5.75 Å². The van der Waals surface area contributed by atoms with Crippen LogP contribution in [0.1, 0.15) is 33.3 Å². The molecule has 0 saturated carbocycles. The highest BCUT2D eigenvalue weighted by molar-refractivity contribution is 5.82. The molecule has 4 nitrogen and oxygen atoms in total. The first-order valence-electron chi connectivity index (χ1n) is 7.43. The van der Waals surface area contributed by atoms with Gasteiger partial charge in [-0.25, -0.2) is 0 Å². The quantitative estimate of drug-likeness (QED) is 0.686. The minimum Gasteiger partial charge on any atom is -0.497 e. The number of aliphatic imine (C=N–C) groups is 1. The Bertz CT molecular complexity index is 517. The second-order valence-corrected chi connectivity index (χ2v) is 6.78. The van der Waals surface area contributed by atoms with E-state index in [9.17, 15) is 0 Å². The van der Waals surface area contributed by atoms with Crippen molar-refractivity contribution in [2.24, 2.45) is 10.4 Å². The van der Waals surface area contributed by atoms with Gasteiger partial charge < -0.3 is 15.0 Å². The molecule has 1 aliphatic rings. The van der Waals surface area contributed by atoms with Gasteiger partial charge in [0.2, 0.25) is 0 Å². The number of hydrogen-bond donors (Lipinski definition) is 1. The standard InChI is InChI=1S/C17H27N3O/c1-16(2)12-20(17(16,3)4)15(18-5)19-11-13-7-9-14(21-6)10-8-13/h7-10H,11-12H2,1-6H3,(H,18,19). The molecule has 1 aromatic carbocycles. The van der Waals surface area contributed by atoms with E-state index >= 15 is 0 Å². The summed E-state index contributed by atoms with van der Waals surface area (Å²) in [6.45, 7) is 11.0. The van der Waals surface area contributed by atoms with Gasteiger partial charge in [-0.15, -0.1) is 0 Å². The van der Waals surface area contributed by atoms with Gasteiger partial charge in [-0.2, -0.15) is 0 Å². The van der Waals surface area contributed by atoms with E-state index in [0.717, 1.165) is 24.8 Å². The smallest absolute Gasteiger partial charge is 0.194 e. The first-order valence-corrected chi connectivity index (χ1v) is 7.43. The molecule has 0 spiro atoms. The van der Waals surface area contributed by atoms with Crippen molar-refractivity contribution >= 4 is 5.96 Å². The molecule has 0 bridgehead atoms. The molecular weight excluding hydrogens is 262 g/mol. The first-order chi connectivity index (χ1) is 9.81. The SMILES string of the molecule is CN=C(NCc1ccc(OC)cc1)N1CC(C)(C)C1(C)C. The highest BCUT2D eigenvalue weighted by atomic mass is 16.5. The summed E-state index contributed by atoms with van der Waals surface area (Å²) >= 11 is 0. The van der Waals surface area contributed by atoms with Crippen LogP contribution in [0.2, 0.25) is 0 Å². The highest BCUT2D eigenvalue weighted by Crippen LogP contribution is 2.46. The number of rotatable bonds is 3. The lowest BCUT2D eigenvalue weighted by Gasteiger charge is -2.62. The zero-order chi connectivity index (χ0) is 15.7. The number of methoxy groups -OCH3 is 1. The summed E-state index contributed by atoms with van der Waals surface area (Å²) in [7, 11) is 3.53. The Morgan fingerprint density at radius 1 is 1.24 bits per heavy atom. The summed E-state index contributed by atoms with van der Waals surface area (Å²) in [5, 5.41) is 3.45. The van der Waals surface area contributed by atoms with Crippen molar-refractivity contribution < 1.29 is 4.74 Å². The van der Waals surface area contributed by atoms with Gasteiger partial charge >= 0.3 is 0 Å². The van der Waals surface area contributed by atoms with Crippen LogP contribution in [0.4, 0.5) is 0 Å². The molecule has 0 amide bonds. The number of nitrogens with one attached hydrogen (secondary N) is 1. The van der Waals surface area contributed by atoms with Gasteiger partial charge in [0.15, 0.2) is 5.96 Å². The van der Waals surface area contributed by atoms with Crippen LogP contribution in [0, 0.1) is 5.41 Å². The van der Waals surface area contributed by atoms with E-state index in [2.05, 4.69) is 55.0 Å². The number of nitrogens with zero attached hydrogens (tertiary/aromatic N) is 2. The fourth-order valence-electron chi connectivity index (χ4n) is 2.62. The number of benzene rings is 1. The van der Waals surface area contributed by atoms with Gasteiger partial charge in [-0.3, -0.25) is 4.99 Å². The molecule has 0 aromatic heterocycles. The van der Waals surface area contributed by atoms with Gasteiger partial charge in [0, 0.05) is 31.1 Å². The molecule has 1 aliphatic heterocycles. The molecular formula is C17H27N3O. The third-order valence-corrected chi connectivity index (χ3v) is 4.96. The minimum atomic E-state index is 0.120. The van der Waals surface area contributed by atoms with Crippen LogP contribution in [0.15, 0.2) is 29.3 Å². The molecule has 1 heterocycles. The molecule has 1 saturated heterocycles. The molecule has 2 rings (SSSR count). The van der Waals surface area contributed by atoms with Gasteiger partial charge in [-0.05, 0) is 31.5 Å². The molecule has 1 N–H and O–H groups in total. The fourth-order valence-corrected chi connectivity index (χ4v) is 2.62. The monoisotopic (exact) mass is 289 g/mol. The Labute approximate surface area is 128 Å². The summed E-state index contributed by atoms with van der Waals surface area (Å²) in [5.74, 6) is 1.85. The van der Waals surface area contributed by atoms with E-state index in [1.54, 1.807) is 7.11 Å². The molecule has 1 fully saturated rings. The summed E-state index contributed by atoms with van der Waals surface area (Å²) in [6.07, 6.45) is 0. The average Bonchev–Trinajstić information content (AvgIpc) is 2.47. The van der Waals surface area contributed by atoms with Crippen molar-refractivity contribution in [1.29, 1.82) is 0 Å². The molecule has 4 heteroatoms. The topological polar surface area (TPSA) is 36.9 Å². The summed E-state index contributed by atoms with van der Waals surface area (Å²) in [4.78, 5) is 6.77. The molecule has 0 radical (unpaired) electrons. The molecule has 0 atom stereocenters. The minimum absolute atomic E-state index is 0.120. The van der Waals surface area contributed by atoms with Crippen molar-refractivity contribution in [2.45, 2.75) is 39.8 Å². The van der Waals surface area contributed by atoms with E-state index in [1.807, 2.05) is 19.2 Å². The van der Waals surface area contributed by atoms with Crippen molar-refractivity contribution in [3.63, 3.8) is 0 Å². The summed E-state index contributed by atoms with van der Waals surface area (Å²) in [5.41, 5.74) is 1.65. The highest BCUT2D eigenvalue weighted by Gasteiger charge is 2.53. The molecule has 0 unspecified atom stereocenters. The van der Waals surface area contributed by atoms with E-state index < -0.39 is 0 Å². The predicted molar refractivity (Wildman–Crippen MR) is 87.8 cm³/mol.